The molecule has 0 atom stereocenters. The van der Waals surface area contributed by atoms with E-state index in [-0.39, 0.29) is 11.7 Å². The molecule has 1 aliphatic rings. The maximum Gasteiger partial charge on any atom is 0.254 e. The molecule has 166 valence electrons. The average Bonchev–Trinajstić information content (AvgIpc) is 3.34. The number of nitrogens with zero attached hydrogens (tertiary/aromatic N) is 2. The van der Waals surface area contributed by atoms with Gasteiger partial charge >= 0.3 is 0 Å². The van der Waals surface area contributed by atoms with Gasteiger partial charge in [-0.3, -0.25) is 4.79 Å². The topological polar surface area (TPSA) is 64.8 Å². The van der Waals surface area contributed by atoms with E-state index >= 15 is 0 Å². The molecule has 5 rings (SSSR count). The largest absolute Gasteiger partial charge is 0.486 e. The summed E-state index contributed by atoms with van der Waals surface area (Å²) in [6, 6.07) is 18.8. The average molecular weight is 444 g/mol. The Morgan fingerprint density at radius 2 is 1.76 bits per heavy atom. The molecule has 0 N–H and O–H groups in total. The second kappa shape index (κ2) is 8.78. The summed E-state index contributed by atoms with van der Waals surface area (Å²) in [6.07, 6.45) is 1.57. The molecule has 1 aliphatic heterocycles. The van der Waals surface area contributed by atoms with Gasteiger partial charge in [-0.25, -0.2) is 9.37 Å². The van der Waals surface area contributed by atoms with Crippen molar-refractivity contribution in [3.8, 4) is 34.3 Å². The van der Waals surface area contributed by atoms with Gasteiger partial charge in [0.15, 0.2) is 17.3 Å². The molecule has 7 heteroatoms. The van der Waals surface area contributed by atoms with Crippen molar-refractivity contribution in [2.75, 3.05) is 20.3 Å². The second-order valence-corrected chi connectivity index (χ2v) is 7.72. The maximum absolute atomic E-state index is 13.3. The van der Waals surface area contributed by atoms with Crippen LogP contribution in [0, 0.1) is 5.82 Å². The Kier molecular flexibility index (Phi) is 5.52. The van der Waals surface area contributed by atoms with Crippen LogP contribution in [-0.4, -0.2) is 36.1 Å². The fourth-order valence-electron chi connectivity index (χ4n) is 3.74. The van der Waals surface area contributed by atoms with E-state index in [4.69, 9.17) is 13.9 Å². The highest BCUT2D eigenvalue weighted by Gasteiger charge is 2.21. The molecular formula is C26H21FN2O4. The summed E-state index contributed by atoms with van der Waals surface area (Å²) in [5.74, 6) is 1.73. The van der Waals surface area contributed by atoms with E-state index in [1.807, 2.05) is 24.3 Å². The van der Waals surface area contributed by atoms with Gasteiger partial charge in [0.2, 0.25) is 5.89 Å². The van der Waals surface area contributed by atoms with Gasteiger partial charge in [-0.05, 0) is 54.1 Å². The van der Waals surface area contributed by atoms with E-state index in [9.17, 15) is 9.18 Å². The van der Waals surface area contributed by atoms with E-state index in [0.717, 1.165) is 5.56 Å². The molecule has 2 heterocycles. The molecule has 33 heavy (non-hydrogen) atoms. The van der Waals surface area contributed by atoms with E-state index in [1.165, 1.54) is 12.1 Å². The summed E-state index contributed by atoms with van der Waals surface area (Å²) in [6.45, 7) is 1.44. The molecule has 3 aromatic carbocycles. The Labute approximate surface area is 190 Å². The lowest BCUT2D eigenvalue weighted by Crippen LogP contribution is -2.27. The minimum absolute atomic E-state index is 0.165. The van der Waals surface area contributed by atoms with Crippen LogP contribution in [0.15, 0.2) is 77.3 Å². The van der Waals surface area contributed by atoms with Gasteiger partial charge in [-0.2, -0.15) is 0 Å². The van der Waals surface area contributed by atoms with Crippen LogP contribution >= 0.6 is 0 Å². The van der Waals surface area contributed by atoms with Crippen LogP contribution in [0.3, 0.4) is 0 Å². The maximum atomic E-state index is 13.3. The molecule has 0 saturated heterocycles. The third-order valence-corrected chi connectivity index (χ3v) is 5.40. The minimum Gasteiger partial charge on any atom is -0.486 e. The number of carbonyl (C=O) groups is 1. The van der Waals surface area contributed by atoms with Crippen LogP contribution in [0.1, 0.15) is 15.9 Å². The van der Waals surface area contributed by atoms with Crippen LogP contribution in [0.2, 0.25) is 0 Å². The van der Waals surface area contributed by atoms with Crippen molar-refractivity contribution in [2.45, 2.75) is 6.54 Å². The number of amides is 1. The number of rotatable bonds is 5. The van der Waals surface area contributed by atoms with Crippen molar-refractivity contribution in [2.24, 2.45) is 0 Å². The molecular weight excluding hydrogens is 423 g/mol. The highest BCUT2D eigenvalue weighted by molar-refractivity contribution is 5.99. The SMILES string of the molecule is CN(Cc1ccc2c(c1)OCCO2)C(=O)c1ccccc1-c1ncc(-c2ccc(F)cc2)o1. The zero-order valence-electron chi connectivity index (χ0n) is 18.0. The molecule has 0 bridgehead atoms. The van der Waals surface area contributed by atoms with E-state index < -0.39 is 0 Å². The Morgan fingerprint density at radius 1 is 1.00 bits per heavy atom. The lowest BCUT2D eigenvalue weighted by molar-refractivity contribution is 0.0785. The molecule has 0 spiro atoms. The smallest absolute Gasteiger partial charge is 0.254 e. The van der Waals surface area contributed by atoms with Crippen molar-refractivity contribution in [1.82, 2.24) is 9.88 Å². The standard InChI is InChI=1S/C26H21FN2O4/c1-29(16-17-6-11-22-23(14-17)32-13-12-31-22)26(30)21-5-3-2-4-20(21)25-28-15-24(33-25)18-7-9-19(27)10-8-18/h2-11,14-15H,12-13,16H2,1H3. The van der Waals surface area contributed by atoms with Gasteiger partial charge < -0.3 is 18.8 Å². The molecule has 0 unspecified atom stereocenters. The predicted octanol–water partition coefficient (Wildman–Crippen LogP) is 5.19. The molecule has 0 fully saturated rings. The third-order valence-electron chi connectivity index (χ3n) is 5.40. The summed E-state index contributed by atoms with van der Waals surface area (Å²) >= 11 is 0. The number of ether oxygens (including phenoxy) is 2. The van der Waals surface area contributed by atoms with Crippen LogP contribution in [0.25, 0.3) is 22.8 Å². The molecule has 1 amide bonds. The number of carbonyl (C=O) groups excluding carboxylic acids is 1. The first-order chi connectivity index (χ1) is 16.1. The van der Waals surface area contributed by atoms with E-state index in [2.05, 4.69) is 4.98 Å². The van der Waals surface area contributed by atoms with Crippen LogP contribution in [0.5, 0.6) is 11.5 Å². The number of aromatic nitrogens is 1. The van der Waals surface area contributed by atoms with Gasteiger partial charge in [0, 0.05) is 24.7 Å². The first kappa shape index (κ1) is 20.8. The highest BCUT2D eigenvalue weighted by Crippen LogP contribution is 2.32. The second-order valence-electron chi connectivity index (χ2n) is 7.72. The lowest BCUT2D eigenvalue weighted by Gasteiger charge is -2.21. The minimum atomic E-state index is -0.324. The fourth-order valence-corrected chi connectivity index (χ4v) is 3.74. The Balaban J connectivity index is 1.38. The number of hydrogen-bond donors (Lipinski definition) is 0. The Hall–Kier alpha value is -4.13. The summed E-state index contributed by atoms with van der Waals surface area (Å²) in [7, 11) is 1.75. The van der Waals surface area contributed by atoms with Crippen LogP contribution in [0.4, 0.5) is 4.39 Å². The highest BCUT2D eigenvalue weighted by atomic mass is 19.1. The summed E-state index contributed by atoms with van der Waals surface area (Å²) in [5, 5.41) is 0. The van der Waals surface area contributed by atoms with E-state index in [0.29, 0.717) is 59.6 Å². The fraction of sp³-hybridized carbons (Fsp3) is 0.154. The molecule has 4 aromatic rings. The summed E-state index contributed by atoms with van der Waals surface area (Å²) in [4.78, 5) is 19.3. The number of oxazole rings is 1. The molecule has 0 saturated carbocycles. The number of halogens is 1. The normalized spacial score (nSPS) is 12.4. The lowest BCUT2D eigenvalue weighted by atomic mass is 10.1. The van der Waals surface area contributed by atoms with Crippen molar-refractivity contribution < 1.29 is 23.1 Å². The monoisotopic (exact) mass is 444 g/mol. The predicted molar refractivity (Wildman–Crippen MR) is 121 cm³/mol. The quantitative estimate of drug-likeness (QED) is 0.424. The molecule has 6 nitrogen and oxygen atoms in total. The van der Waals surface area contributed by atoms with Crippen molar-refractivity contribution in [3.05, 3.63) is 89.9 Å². The summed E-state index contributed by atoms with van der Waals surface area (Å²) < 4.78 is 30.3. The van der Waals surface area contributed by atoms with Crippen LogP contribution in [-0.2, 0) is 6.54 Å². The molecule has 0 radical (unpaired) electrons. The summed E-state index contributed by atoms with van der Waals surface area (Å²) in [5.41, 5.74) is 2.70. The van der Waals surface area contributed by atoms with Crippen LogP contribution < -0.4 is 9.47 Å². The number of benzene rings is 3. The van der Waals surface area contributed by atoms with E-state index in [1.54, 1.807) is 48.5 Å². The van der Waals surface area contributed by atoms with Gasteiger partial charge in [-0.15, -0.1) is 0 Å². The first-order valence-corrected chi connectivity index (χ1v) is 10.5. The molecule has 1 aromatic heterocycles. The Bertz CT molecular complexity index is 1300. The van der Waals surface area contributed by atoms with Gasteiger partial charge in [0.1, 0.15) is 19.0 Å². The van der Waals surface area contributed by atoms with Gasteiger partial charge in [0.05, 0.1) is 11.8 Å². The zero-order valence-corrected chi connectivity index (χ0v) is 18.0. The van der Waals surface area contributed by atoms with Gasteiger partial charge in [0.25, 0.3) is 5.91 Å². The van der Waals surface area contributed by atoms with Crippen molar-refractivity contribution in [3.63, 3.8) is 0 Å². The van der Waals surface area contributed by atoms with Crippen molar-refractivity contribution >= 4 is 5.91 Å². The molecule has 0 aliphatic carbocycles. The number of fused-ring (bicyclic) bond motifs is 1. The van der Waals surface area contributed by atoms with Gasteiger partial charge in [-0.1, -0.05) is 18.2 Å². The van der Waals surface area contributed by atoms with Crippen molar-refractivity contribution in [1.29, 1.82) is 0 Å². The first-order valence-electron chi connectivity index (χ1n) is 10.5. The number of hydrogen-bond acceptors (Lipinski definition) is 5. The third kappa shape index (κ3) is 4.30. The zero-order chi connectivity index (χ0) is 22.8. The Morgan fingerprint density at radius 3 is 2.58 bits per heavy atom.